The van der Waals surface area contributed by atoms with Crippen LogP contribution in [0.5, 0.6) is 0 Å². The van der Waals surface area contributed by atoms with Gasteiger partial charge in [-0.2, -0.15) is 0 Å². The van der Waals surface area contributed by atoms with Gasteiger partial charge in [-0.25, -0.2) is 4.79 Å². The first-order valence-electron chi connectivity index (χ1n) is 5.35. The molecule has 0 aliphatic carbocycles. The number of carboxylic acid groups (broad SMARTS) is 1. The average molecular weight is 232 g/mol. The molecule has 94 valence electrons. The number of hydrogen-bond donors (Lipinski definition) is 2. The highest BCUT2D eigenvalue weighted by molar-refractivity contribution is 5.79. The van der Waals surface area contributed by atoms with Gasteiger partial charge in [0.2, 0.25) is 0 Å². The van der Waals surface area contributed by atoms with Crippen molar-refractivity contribution in [3.8, 4) is 0 Å². The van der Waals surface area contributed by atoms with Crippen LogP contribution < -0.4 is 5.32 Å². The van der Waals surface area contributed by atoms with Gasteiger partial charge in [0.15, 0.2) is 0 Å². The number of nitrogens with one attached hydrogen (secondary N) is 1. The van der Waals surface area contributed by atoms with Crippen LogP contribution in [0.25, 0.3) is 0 Å². The third-order valence-electron chi connectivity index (χ3n) is 2.05. The smallest absolute Gasteiger partial charge is 0.323 e. The number of nitrogens with zero attached hydrogens (tertiary/aromatic N) is 1. The molecule has 6 nitrogen and oxygen atoms in total. The van der Waals surface area contributed by atoms with E-state index in [4.69, 9.17) is 9.84 Å². The quantitative estimate of drug-likeness (QED) is 0.598. The van der Waals surface area contributed by atoms with E-state index in [1.54, 1.807) is 14.0 Å². The van der Waals surface area contributed by atoms with Crippen LogP contribution in [0.15, 0.2) is 0 Å². The van der Waals surface area contributed by atoms with Gasteiger partial charge in [-0.3, -0.25) is 4.79 Å². The molecule has 0 aromatic heterocycles. The summed E-state index contributed by atoms with van der Waals surface area (Å²) in [5, 5.41) is 11.2. The van der Waals surface area contributed by atoms with Gasteiger partial charge in [-0.05, 0) is 19.8 Å². The molecule has 0 saturated heterocycles. The topological polar surface area (TPSA) is 78.9 Å². The van der Waals surface area contributed by atoms with Crippen molar-refractivity contribution in [2.75, 3.05) is 33.4 Å². The highest BCUT2D eigenvalue weighted by Crippen LogP contribution is 1.91. The van der Waals surface area contributed by atoms with Gasteiger partial charge < -0.3 is 20.1 Å². The maximum Gasteiger partial charge on any atom is 0.323 e. The van der Waals surface area contributed by atoms with E-state index in [0.29, 0.717) is 19.7 Å². The van der Waals surface area contributed by atoms with Gasteiger partial charge in [0.05, 0.1) is 0 Å². The van der Waals surface area contributed by atoms with E-state index in [0.717, 1.165) is 12.8 Å². The van der Waals surface area contributed by atoms with Crippen LogP contribution in [-0.4, -0.2) is 55.4 Å². The van der Waals surface area contributed by atoms with E-state index in [9.17, 15) is 9.59 Å². The number of unbranched alkanes of at least 4 members (excludes halogenated alkanes) is 1. The van der Waals surface area contributed by atoms with Crippen molar-refractivity contribution < 1.29 is 19.4 Å². The summed E-state index contributed by atoms with van der Waals surface area (Å²) in [5.41, 5.74) is 0. The third kappa shape index (κ3) is 7.05. The molecule has 0 spiro atoms. The number of methoxy groups -OCH3 is 1. The zero-order chi connectivity index (χ0) is 12.4. The summed E-state index contributed by atoms with van der Waals surface area (Å²) < 4.78 is 4.87. The van der Waals surface area contributed by atoms with E-state index < -0.39 is 5.97 Å². The Kier molecular flexibility index (Phi) is 8.24. The molecule has 2 N–H and O–H groups in total. The number of likely N-dealkylation sites (N-methyl/N-ethyl adjacent to an activating group) is 1. The van der Waals surface area contributed by atoms with Gasteiger partial charge >= 0.3 is 12.0 Å². The number of carboxylic acids is 1. The minimum absolute atomic E-state index is 0.263. The molecule has 16 heavy (non-hydrogen) atoms. The van der Waals surface area contributed by atoms with Gasteiger partial charge in [0.25, 0.3) is 0 Å². The largest absolute Gasteiger partial charge is 0.480 e. The van der Waals surface area contributed by atoms with E-state index >= 15 is 0 Å². The van der Waals surface area contributed by atoms with E-state index in [1.807, 2.05) is 0 Å². The molecule has 0 aliphatic rings. The fraction of sp³-hybridized carbons (Fsp3) is 0.800. The number of aliphatic carboxylic acids is 1. The molecule has 0 aromatic carbocycles. The number of rotatable bonds is 8. The molecule has 6 heteroatoms. The van der Waals surface area contributed by atoms with Crippen LogP contribution in [0.3, 0.4) is 0 Å². The molecular formula is C10H20N2O4. The van der Waals surface area contributed by atoms with Crippen molar-refractivity contribution in [1.29, 1.82) is 0 Å². The summed E-state index contributed by atoms with van der Waals surface area (Å²) in [5.74, 6) is -1.00. The summed E-state index contributed by atoms with van der Waals surface area (Å²) in [6, 6.07) is -0.331. The number of ether oxygens (including phenoxy) is 1. The lowest BCUT2D eigenvalue weighted by atomic mass is 10.3. The van der Waals surface area contributed by atoms with Crippen LogP contribution in [0.4, 0.5) is 4.79 Å². The van der Waals surface area contributed by atoms with Crippen LogP contribution in [0, 0.1) is 0 Å². The molecule has 0 rings (SSSR count). The Morgan fingerprint density at radius 3 is 2.56 bits per heavy atom. The lowest BCUT2D eigenvalue weighted by Crippen LogP contribution is -2.42. The second kappa shape index (κ2) is 8.96. The Bertz CT molecular complexity index is 221. The molecular weight excluding hydrogens is 212 g/mol. The molecule has 0 unspecified atom stereocenters. The minimum Gasteiger partial charge on any atom is -0.480 e. The first kappa shape index (κ1) is 14.7. The molecule has 0 radical (unpaired) electrons. The molecule has 0 aliphatic heterocycles. The maximum absolute atomic E-state index is 11.5. The lowest BCUT2D eigenvalue weighted by molar-refractivity contribution is -0.137. The van der Waals surface area contributed by atoms with Crippen LogP contribution in [-0.2, 0) is 9.53 Å². The molecule has 0 heterocycles. The zero-order valence-corrected chi connectivity index (χ0v) is 9.86. The van der Waals surface area contributed by atoms with E-state index in [-0.39, 0.29) is 12.6 Å². The van der Waals surface area contributed by atoms with E-state index in [2.05, 4.69) is 5.32 Å². The Morgan fingerprint density at radius 1 is 1.38 bits per heavy atom. The second-order valence-electron chi connectivity index (χ2n) is 3.34. The van der Waals surface area contributed by atoms with Crippen LogP contribution in [0.2, 0.25) is 0 Å². The Morgan fingerprint density at radius 2 is 2.06 bits per heavy atom. The number of hydrogen-bond acceptors (Lipinski definition) is 3. The lowest BCUT2D eigenvalue weighted by Gasteiger charge is -2.18. The minimum atomic E-state index is -1.00. The summed E-state index contributed by atoms with van der Waals surface area (Å²) in [6.07, 6.45) is 1.70. The monoisotopic (exact) mass is 232 g/mol. The van der Waals surface area contributed by atoms with Gasteiger partial charge in [-0.15, -0.1) is 0 Å². The fourth-order valence-electron chi connectivity index (χ4n) is 1.17. The molecule has 2 amide bonds. The van der Waals surface area contributed by atoms with Crippen molar-refractivity contribution >= 4 is 12.0 Å². The van der Waals surface area contributed by atoms with Crippen molar-refractivity contribution in [1.82, 2.24) is 10.2 Å². The number of urea groups is 1. The SMILES string of the molecule is CCN(CC(=O)O)C(=O)NCCCCOC. The molecule has 0 aromatic rings. The van der Waals surface area contributed by atoms with E-state index in [1.165, 1.54) is 4.90 Å². The fourth-order valence-corrected chi connectivity index (χ4v) is 1.17. The van der Waals surface area contributed by atoms with Crippen molar-refractivity contribution in [2.45, 2.75) is 19.8 Å². The normalized spacial score (nSPS) is 9.88. The van der Waals surface area contributed by atoms with Crippen molar-refractivity contribution in [2.24, 2.45) is 0 Å². The summed E-state index contributed by atoms with van der Waals surface area (Å²) >= 11 is 0. The number of amides is 2. The second-order valence-corrected chi connectivity index (χ2v) is 3.34. The first-order valence-corrected chi connectivity index (χ1v) is 5.35. The molecule has 0 bridgehead atoms. The maximum atomic E-state index is 11.5. The summed E-state index contributed by atoms with van der Waals surface area (Å²) in [7, 11) is 1.63. The molecule has 0 fully saturated rings. The number of carbonyl (C=O) groups excluding carboxylic acids is 1. The average Bonchev–Trinajstić information content (AvgIpc) is 2.25. The van der Waals surface area contributed by atoms with Gasteiger partial charge in [0, 0.05) is 26.8 Å². The highest BCUT2D eigenvalue weighted by atomic mass is 16.5. The zero-order valence-electron chi connectivity index (χ0n) is 9.86. The third-order valence-corrected chi connectivity index (χ3v) is 2.05. The highest BCUT2D eigenvalue weighted by Gasteiger charge is 2.13. The predicted octanol–water partition coefficient (Wildman–Crippen LogP) is 0.529. The molecule has 0 atom stereocenters. The summed E-state index contributed by atoms with van der Waals surface area (Å²) in [6.45, 7) is 3.07. The molecule has 0 saturated carbocycles. The Balaban J connectivity index is 3.71. The van der Waals surface area contributed by atoms with Crippen molar-refractivity contribution in [3.05, 3.63) is 0 Å². The van der Waals surface area contributed by atoms with Crippen molar-refractivity contribution in [3.63, 3.8) is 0 Å². The first-order chi connectivity index (χ1) is 7.61. The summed E-state index contributed by atoms with van der Waals surface area (Å²) in [4.78, 5) is 23.2. The van der Waals surface area contributed by atoms with Crippen LogP contribution in [0.1, 0.15) is 19.8 Å². The Hall–Kier alpha value is -1.30. The standard InChI is InChI=1S/C10H20N2O4/c1-3-12(8-9(13)14)10(15)11-6-4-5-7-16-2/h3-8H2,1-2H3,(H,11,15)(H,13,14). The predicted molar refractivity (Wildman–Crippen MR) is 59.4 cm³/mol. The van der Waals surface area contributed by atoms with Gasteiger partial charge in [0.1, 0.15) is 6.54 Å². The number of carbonyl (C=O) groups is 2. The Labute approximate surface area is 95.6 Å². The van der Waals surface area contributed by atoms with Crippen LogP contribution >= 0.6 is 0 Å². The van der Waals surface area contributed by atoms with Gasteiger partial charge in [-0.1, -0.05) is 0 Å².